The molecule has 0 bridgehead atoms. The second-order valence-electron chi connectivity index (χ2n) is 3.24. The van der Waals surface area contributed by atoms with Gasteiger partial charge in [-0.05, 0) is 0 Å². The van der Waals surface area contributed by atoms with Crippen molar-refractivity contribution in [2.45, 2.75) is 19.0 Å². The molecule has 1 aromatic heterocycles. The topological polar surface area (TPSA) is 65.9 Å². The number of alkyl halides is 6. The van der Waals surface area contributed by atoms with Crippen LogP contribution in [-0.2, 0) is 12.6 Å². The van der Waals surface area contributed by atoms with Crippen LogP contribution in [0.3, 0.4) is 0 Å². The number of pyridine rings is 1. The fraction of sp³-hybridized carbons (Fsp3) is 0.333. The minimum Gasteiger partial charge on any atom is -0.405 e. The van der Waals surface area contributed by atoms with Crippen LogP contribution in [-0.4, -0.2) is 11.3 Å². The van der Waals surface area contributed by atoms with Gasteiger partial charge in [-0.2, -0.15) is 18.4 Å². The minimum absolute atomic E-state index is 0.0123. The number of aromatic amines is 1. The second-order valence-corrected chi connectivity index (χ2v) is 3.24. The first-order valence-corrected chi connectivity index (χ1v) is 4.50. The maximum Gasteiger partial charge on any atom is 0.573 e. The van der Waals surface area contributed by atoms with Crippen LogP contribution in [0, 0.1) is 11.3 Å². The summed E-state index contributed by atoms with van der Waals surface area (Å²) in [6.07, 6.45) is -11.1. The summed E-state index contributed by atoms with van der Waals surface area (Å²) in [6.45, 7) is 0. The molecule has 104 valence electrons. The third-order valence-corrected chi connectivity index (χ3v) is 1.88. The smallest absolute Gasteiger partial charge is 0.405 e. The van der Waals surface area contributed by atoms with Gasteiger partial charge in [-0.3, -0.25) is 4.79 Å². The van der Waals surface area contributed by atoms with Crippen LogP contribution in [0.15, 0.2) is 10.9 Å². The summed E-state index contributed by atoms with van der Waals surface area (Å²) < 4.78 is 76.4. The van der Waals surface area contributed by atoms with E-state index in [2.05, 4.69) is 4.74 Å². The number of nitrogens with zero attached hydrogens (tertiary/aromatic N) is 1. The van der Waals surface area contributed by atoms with Crippen molar-refractivity contribution < 1.29 is 31.1 Å². The Bertz CT molecular complexity index is 566. The Morgan fingerprint density at radius 3 is 2.26 bits per heavy atom. The highest BCUT2D eigenvalue weighted by atomic mass is 19.4. The molecule has 4 nitrogen and oxygen atoms in total. The third-order valence-electron chi connectivity index (χ3n) is 1.88. The van der Waals surface area contributed by atoms with Crippen LogP contribution in [0.2, 0.25) is 0 Å². The predicted octanol–water partition coefficient (Wildman–Crippen LogP) is 2.36. The monoisotopic (exact) mass is 286 g/mol. The van der Waals surface area contributed by atoms with Gasteiger partial charge in [-0.1, -0.05) is 0 Å². The second kappa shape index (κ2) is 4.83. The summed E-state index contributed by atoms with van der Waals surface area (Å²) in [5, 5.41) is 8.33. The van der Waals surface area contributed by atoms with E-state index in [-0.39, 0.29) is 6.07 Å². The Labute approximate surface area is 101 Å². The third kappa shape index (κ3) is 3.90. The molecule has 19 heavy (non-hydrogen) atoms. The zero-order valence-corrected chi connectivity index (χ0v) is 8.82. The molecule has 0 radical (unpaired) electrons. The fourth-order valence-corrected chi connectivity index (χ4v) is 1.18. The lowest BCUT2D eigenvalue weighted by Gasteiger charge is -2.14. The van der Waals surface area contributed by atoms with Gasteiger partial charge >= 0.3 is 12.5 Å². The van der Waals surface area contributed by atoms with Gasteiger partial charge in [0.2, 0.25) is 0 Å². The highest BCUT2D eigenvalue weighted by Crippen LogP contribution is 2.32. The molecule has 1 heterocycles. The molecule has 0 aliphatic carbocycles. The van der Waals surface area contributed by atoms with Gasteiger partial charge in [0, 0.05) is 6.07 Å². The van der Waals surface area contributed by atoms with Crippen molar-refractivity contribution in [3.05, 3.63) is 27.7 Å². The zero-order valence-electron chi connectivity index (χ0n) is 8.82. The lowest BCUT2D eigenvalue weighted by atomic mass is 10.1. The quantitative estimate of drug-likeness (QED) is 0.849. The number of halogens is 6. The maximum absolute atomic E-state index is 12.3. The van der Waals surface area contributed by atoms with Crippen LogP contribution >= 0.6 is 0 Å². The SMILES string of the molecule is N#CCc1c(OC(F)(F)F)cc(C(F)(F)F)[nH]c1=O. The van der Waals surface area contributed by atoms with E-state index < -0.39 is 41.5 Å². The molecular formula is C9H4F6N2O2. The van der Waals surface area contributed by atoms with E-state index in [1.807, 2.05) is 0 Å². The van der Waals surface area contributed by atoms with Gasteiger partial charge in [0.25, 0.3) is 5.56 Å². The Morgan fingerprint density at radius 1 is 1.26 bits per heavy atom. The lowest BCUT2D eigenvalue weighted by Crippen LogP contribution is -2.25. The zero-order chi connectivity index (χ0) is 14.8. The molecule has 0 amide bonds. The summed E-state index contributed by atoms with van der Waals surface area (Å²) in [4.78, 5) is 12.6. The van der Waals surface area contributed by atoms with Crippen molar-refractivity contribution in [2.75, 3.05) is 0 Å². The highest BCUT2D eigenvalue weighted by molar-refractivity contribution is 5.36. The van der Waals surface area contributed by atoms with Crippen molar-refractivity contribution in [1.29, 1.82) is 5.26 Å². The average molecular weight is 286 g/mol. The molecule has 0 unspecified atom stereocenters. The van der Waals surface area contributed by atoms with Crippen molar-refractivity contribution >= 4 is 0 Å². The van der Waals surface area contributed by atoms with Crippen molar-refractivity contribution in [3.8, 4) is 11.8 Å². The molecule has 0 spiro atoms. The van der Waals surface area contributed by atoms with Gasteiger partial charge in [0.1, 0.15) is 11.4 Å². The van der Waals surface area contributed by atoms with Crippen molar-refractivity contribution in [1.82, 2.24) is 4.98 Å². The van der Waals surface area contributed by atoms with Crippen LogP contribution < -0.4 is 10.3 Å². The Balaban J connectivity index is 3.43. The Hall–Kier alpha value is -2.18. The lowest BCUT2D eigenvalue weighted by molar-refractivity contribution is -0.275. The molecule has 1 N–H and O–H groups in total. The van der Waals surface area contributed by atoms with Crippen LogP contribution in [0.4, 0.5) is 26.3 Å². The summed E-state index contributed by atoms with van der Waals surface area (Å²) in [7, 11) is 0. The number of nitrogens with one attached hydrogen (secondary N) is 1. The number of ether oxygens (including phenoxy) is 1. The summed E-state index contributed by atoms with van der Waals surface area (Å²) in [6, 6.07) is 1.35. The van der Waals surface area contributed by atoms with Gasteiger partial charge < -0.3 is 9.72 Å². The van der Waals surface area contributed by atoms with E-state index in [1.165, 1.54) is 11.1 Å². The molecule has 0 aliphatic heterocycles. The summed E-state index contributed by atoms with van der Waals surface area (Å²) in [5.74, 6) is -1.34. The van der Waals surface area contributed by atoms with Crippen molar-refractivity contribution in [2.24, 2.45) is 0 Å². The van der Waals surface area contributed by atoms with Gasteiger partial charge in [-0.25, -0.2) is 0 Å². The Morgan fingerprint density at radius 2 is 1.84 bits per heavy atom. The number of H-pyrrole nitrogens is 1. The molecule has 0 fully saturated rings. The minimum atomic E-state index is -5.28. The van der Waals surface area contributed by atoms with E-state index in [4.69, 9.17) is 5.26 Å². The normalized spacial score (nSPS) is 12.1. The van der Waals surface area contributed by atoms with Gasteiger partial charge in [0.05, 0.1) is 18.1 Å². The first kappa shape index (κ1) is 14.9. The number of hydrogen-bond donors (Lipinski definition) is 1. The van der Waals surface area contributed by atoms with E-state index in [0.29, 0.717) is 0 Å². The predicted molar refractivity (Wildman–Crippen MR) is 48.1 cm³/mol. The molecule has 0 aromatic carbocycles. The Kier molecular flexibility index (Phi) is 3.78. The number of rotatable bonds is 2. The molecule has 0 saturated carbocycles. The van der Waals surface area contributed by atoms with Gasteiger partial charge in [0.15, 0.2) is 0 Å². The van der Waals surface area contributed by atoms with Crippen molar-refractivity contribution in [3.63, 3.8) is 0 Å². The van der Waals surface area contributed by atoms with E-state index in [1.54, 1.807) is 0 Å². The van der Waals surface area contributed by atoms with Crippen LogP contribution in [0.25, 0.3) is 0 Å². The molecule has 0 aliphatic rings. The molecule has 10 heteroatoms. The van der Waals surface area contributed by atoms with Crippen LogP contribution in [0.1, 0.15) is 11.3 Å². The van der Waals surface area contributed by atoms with Gasteiger partial charge in [-0.15, -0.1) is 13.2 Å². The first-order valence-electron chi connectivity index (χ1n) is 4.50. The van der Waals surface area contributed by atoms with E-state index in [9.17, 15) is 31.1 Å². The average Bonchev–Trinajstić information content (AvgIpc) is 2.19. The highest BCUT2D eigenvalue weighted by Gasteiger charge is 2.37. The molecule has 1 rings (SSSR count). The maximum atomic E-state index is 12.3. The number of aromatic nitrogens is 1. The fourth-order valence-electron chi connectivity index (χ4n) is 1.18. The first-order chi connectivity index (χ1) is 8.54. The molecule has 0 atom stereocenters. The number of nitriles is 1. The van der Waals surface area contributed by atoms with E-state index >= 15 is 0 Å². The molecule has 1 aromatic rings. The standard InChI is InChI=1S/C9H4F6N2O2/c10-8(11,12)6-3-5(19-9(13,14)15)4(1-2-16)7(18)17-6/h3H,1H2,(H,17,18). The summed E-state index contributed by atoms with van der Waals surface area (Å²) >= 11 is 0. The van der Waals surface area contributed by atoms with Crippen LogP contribution in [0.5, 0.6) is 5.75 Å². The molecular weight excluding hydrogens is 282 g/mol. The summed E-state index contributed by atoms with van der Waals surface area (Å²) in [5.41, 5.74) is -3.98. The largest absolute Gasteiger partial charge is 0.573 e. The molecule has 0 saturated heterocycles. The van der Waals surface area contributed by atoms with E-state index in [0.717, 1.165) is 0 Å². The number of hydrogen-bond acceptors (Lipinski definition) is 3.